The summed E-state index contributed by atoms with van der Waals surface area (Å²) in [5.74, 6) is 0.548. The zero-order valence-electron chi connectivity index (χ0n) is 12.0. The maximum atomic E-state index is 5.04. The molecule has 0 fully saturated rings. The summed E-state index contributed by atoms with van der Waals surface area (Å²) < 4.78 is 5.04. The number of ether oxygens (including phenoxy) is 1. The molecule has 0 saturated heterocycles. The molecule has 0 saturated carbocycles. The Balaban J connectivity index is 2.02. The highest BCUT2D eigenvalue weighted by Crippen LogP contribution is 2.18. The Bertz CT molecular complexity index is 499. The topological polar surface area (TPSA) is 47.0 Å². The van der Waals surface area contributed by atoms with Crippen LogP contribution in [0.15, 0.2) is 42.5 Å². The normalized spacial score (nSPS) is 12.1. The van der Waals surface area contributed by atoms with Gasteiger partial charge >= 0.3 is 0 Å². The van der Waals surface area contributed by atoms with Crippen LogP contribution in [0, 0.1) is 0 Å². The van der Waals surface area contributed by atoms with E-state index >= 15 is 0 Å². The molecule has 0 aliphatic heterocycles. The lowest BCUT2D eigenvalue weighted by Gasteiger charge is -2.17. The lowest BCUT2D eigenvalue weighted by atomic mass is 10.0. The van der Waals surface area contributed by atoms with E-state index in [0.29, 0.717) is 5.88 Å². The number of methoxy groups -OCH3 is 1. The molecule has 0 aliphatic carbocycles. The minimum Gasteiger partial charge on any atom is -0.480 e. The molecular weight excluding hydrogens is 250 g/mol. The van der Waals surface area contributed by atoms with E-state index in [2.05, 4.69) is 46.7 Å². The maximum Gasteiger partial charge on any atom is 0.233 e. The van der Waals surface area contributed by atoms with Crippen molar-refractivity contribution in [1.29, 1.82) is 0 Å². The van der Waals surface area contributed by atoms with Crippen LogP contribution < -0.4 is 10.1 Å². The molecule has 2 rings (SSSR count). The standard InChI is InChI=1S/C16H21N3O/c1-3-17-14(10-9-13-7-5-4-6-8-13)15-11-12-16(20-2)19-18-15/h4-8,11-12,14,17H,3,9-10H2,1-2H3. The first-order valence-corrected chi connectivity index (χ1v) is 6.98. The van der Waals surface area contributed by atoms with Crippen LogP contribution in [0.2, 0.25) is 0 Å². The second kappa shape index (κ2) is 7.60. The summed E-state index contributed by atoms with van der Waals surface area (Å²) in [7, 11) is 1.60. The van der Waals surface area contributed by atoms with Crippen molar-refractivity contribution in [3.05, 3.63) is 53.7 Å². The van der Waals surface area contributed by atoms with Crippen molar-refractivity contribution in [3.8, 4) is 5.88 Å². The molecule has 20 heavy (non-hydrogen) atoms. The highest BCUT2D eigenvalue weighted by molar-refractivity contribution is 5.17. The number of nitrogens with zero attached hydrogens (tertiary/aromatic N) is 2. The smallest absolute Gasteiger partial charge is 0.233 e. The number of hydrogen-bond donors (Lipinski definition) is 1. The fourth-order valence-electron chi connectivity index (χ4n) is 2.18. The van der Waals surface area contributed by atoms with Gasteiger partial charge in [-0.3, -0.25) is 0 Å². The lowest BCUT2D eigenvalue weighted by molar-refractivity contribution is 0.388. The highest BCUT2D eigenvalue weighted by Gasteiger charge is 2.12. The van der Waals surface area contributed by atoms with E-state index in [9.17, 15) is 0 Å². The minimum absolute atomic E-state index is 0.221. The maximum absolute atomic E-state index is 5.04. The second-order valence-electron chi connectivity index (χ2n) is 4.64. The van der Waals surface area contributed by atoms with Gasteiger partial charge in [0.15, 0.2) is 0 Å². The Morgan fingerprint density at radius 1 is 1.10 bits per heavy atom. The second-order valence-corrected chi connectivity index (χ2v) is 4.64. The van der Waals surface area contributed by atoms with Gasteiger partial charge in [-0.25, -0.2) is 0 Å². The first kappa shape index (κ1) is 14.5. The minimum atomic E-state index is 0.221. The van der Waals surface area contributed by atoms with Crippen molar-refractivity contribution in [2.45, 2.75) is 25.8 Å². The van der Waals surface area contributed by atoms with Gasteiger partial charge in [-0.05, 0) is 31.0 Å². The summed E-state index contributed by atoms with van der Waals surface area (Å²) in [6.07, 6.45) is 2.02. The SMILES string of the molecule is CCNC(CCc1ccccc1)c1ccc(OC)nn1. The number of benzene rings is 1. The van der Waals surface area contributed by atoms with Gasteiger partial charge in [0, 0.05) is 6.07 Å². The van der Waals surface area contributed by atoms with Crippen LogP contribution in [0.1, 0.15) is 30.6 Å². The lowest BCUT2D eigenvalue weighted by Crippen LogP contribution is -2.22. The van der Waals surface area contributed by atoms with Crippen molar-refractivity contribution >= 4 is 0 Å². The van der Waals surface area contributed by atoms with Crippen LogP contribution in [0.5, 0.6) is 5.88 Å². The Morgan fingerprint density at radius 3 is 2.50 bits per heavy atom. The van der Waals surface area contributed by atoms with Crippen molar-refractivity contribution in [3.63, 3.8) is 0 Å². The number of hydrogen-bond acceptors (Lipinski definition) is 4. The van der Waals surface area contributed by atoms with Gasteiger partial charge in [-0.1, -0.05) is 37.3 Å². The zero-order chi connectivity index (χ0) is 14.2. The third kappa shape index (κ3) is 4.03. The Morgan fingerprint density at radius 2 is 1.90 bits per heavy atom. The first-order valence-electron chi connectivity index (χ1n) is 6.98. The molecule has 0 aliphatic rings. The van der Waals surface area contributed by atoms with Gasteiger partial charge in [-0.15, -0.1) is 5.10 Å². The molecule has 0 bridgehead atoms. The monoisotopic (exact) mass is 271 g/mol. The molecule has 0 radical (unpaired) electrons. The summed E-state index contributed by atoms with van der Waals surface area (Å²) >= 11 is 0. The van der Waals surface area contributed by atoms with Crippen molar-refractivity contribution in [2.24, 2.45) is 0 Å². The van der Waals surface area contributed by atoms with Crippen LogP contribution in [-0.4, -0.2) is 23.9 Å². The van der Waals surface area contributed by atoms with Crippen LogP contribution in [0.4, 0.5) is 0 Å². The summed E-state index contributed by atoms with van der Waals surface area (Å²) in [6, 6.07) is 14.6. The van der Waals surface area contributed by atoms with Gasteiger partial charge in [0.25, 0.3) is 0 Å². The van der Waals surface area contributed by atoms with Crippen LogP contribution >= 0.6 is 0 Å². The van der Waals surface area contributed by atoms with Gasteiger partial charge in [-0.2, -0.15) is 5.10 Å². The van der Waals surface area contributed by atoms with E-state index in [4.69, 9.17) is 4.74 Å². The quantitative estimate of drug-likeness (QED) is 0.841. The van der Waals surface area contributed by atoms with Crippen molar-refractivity contribution in [1.82, 2.24) is 15.5 Å². The van der Waals surface area contributed by atoms with E-state index in [1.54, 1.807) is 7.11 Å². The Labute approximate surface area is 120 Å². The average Bonchev–Trinajstić information content (AvgIpc) is 2.52. The molecular formula is C16H21N3O. The summed E-state index contributed by atoms with van der Waals surface area (Å²) in [5, 5.41) is 11.7. The van der Waals surface area contributed by atoms with E-state index in [0.717, 1.165) is 25.1 Å². The predicted octanol–water partition coefficient (Wildman–Crippen LogP) is 2.77. The summed E-state index contributed by atoms with van der Waals surface area (Å²) in [4.78, 5) is 0. The van der Waals surface area contributed by atoms with E-state index < -0.39 is 0 Å². The molecule has 2 aromatic rings. The van der Waals surface area contributed by atoms with Crippen molar-refractivity contribution in [2.75, 3.05) is 13.7 Å². The third-order valence-electron chi connectivity index (χ3n) is 3.24. The van der Waals surface area contributed by atoms with Crippen LogP contribution in [-0.2, 0) is 6.42 Å². The van der Waals surface area contributed by atoms with Gasteiger partial charge in [0.05, 0.1) is 18.8 Å². The first-order chi connectivity index (χ1) is 9.83. The van der Waals surface area contributed by atoms with Gasteiger partial charge in [0.1, 0.15) is 0 Å². The molecule has 0 amide bonds. The van der Waals surface area contributed by atoms with Crippen molar-refractivity contribution < 1.29 is 4.74 Å². The van der Waals surface area contributed by atoms with Crippen LogP contribution in [0.3, 0.4) is 0 Å². The fraction of sp³-hybridized carbons (Fsp3) is 0.375. The predicted molar refractivity (Wildman–Crippen MR) is 79.8 cm³/mol. The molecule has 1 atom stereocenters. The van der Waals surface area contributed by atoms with E-state index in [-0.39, 0.29) is 6.04 Å². The molecule has 1 N–H and O–H groups in total. The molecule has 106 valence electrons. The van der Waals surface area contributed by atoms with Gasteiger partial charge in [0.2, 0.25) is 5.88 Å². The summed E-state index contributed by atoms with van der Waals surface area (Å²) in [5.41, 5.74) is 2.31. The third-order valence-corrected chi connectivity index (χ3v) is 3.24. The molecule has 4 heteroatoms. The Kier molecular flexibility index (Phi) is 5.50. The van der Waals surface area contributed by atoms with Gasteiger partial charge < -0.3 is 10.1 Å². The number of rotatable bonds is 7. The molecule has 1 aromatic heterocycles. The average molecular weight is 271 g/mol. The Hall–Kier alpha value is -1.94. The van der Waals surface area contributed by atoms with Crippen LogP contribution in [0.25, 0.3) is 0 Å². The zero-order valence-corrected chi connectivity index (χ0v) is 12.0. The number of aromatic nitrogens is 2. The number of aryl methyl sites for hydroxylation is 1. The molecule has 4 nitrogen and oxygen atoms in total. The highest BCUT2D eigenvalue weighted by atomic mass is 16.5. The molecule has 0 spiro atoms. The molecule has 1 aromatic carbocycles. The largest absolute Gasteiger partial charge is 0.480 e. The summed E-state index contributed by atoms with van der Waals surface area (Å²) in [6.45, 7) is 3.01. The fourth-order valence-corrected chi connectivity index (χ4v) is 2.18. The molecule has 1 unspecified atom stereocenters. The van der Waals surface area contributed by atoms with E-state index in [1.807, 2.05) is 18.2 Å². The number of nitrogens with one attached hydrogen (secondary N) is 1. The molecule has 1 heterocycles. The van der Waals surface area contributed by atoms with E-state index in [1.165, 1.54) is 5.56 Å².